The van der Waals surface area contributed by atoms with E-state index in [-0.39, 0.29) is 0 Å². The minimum atomic E-state index is 0.528. The van der Waals surface area contributed by atoms with Crippen LogP contribution in [0.1, 0.15) is 16.7 Å². The molecule has 0 saturated heterocycles. The summed E-state index contributed by atoms with van der Waals surface area (Å²) in [6.45, 7) is 2.32. The van der Waals surface area contributed by atoms with E-state index in [1.165, 1.54) is 11.1 Å². The van der Waals surface area contributed by atoms with Crippen LogP contribution < -0.4 is 19.5 Å². The molecule has 0 spiro atoms. The molecule has 0 atom stereocenters. The van der Waals surface area contributed by atoms with E-state index in [4.69, 9.17) is 14.2 Å². The molecule has 0 fully saturated rings. The second-order valence-electron chi connectivity index (χ2n) is 6.30. The number of quaternary nitrogens is 1. The van der Waals surface area contributed by atoms with Gasteiger partial charge in [-0.15, -0.1) is 0 Å². The van der Waals surface area contributed by atoms with Crippen molar-refractivity contribution in [3.63, 3.8) is 0 Å². The van der Waals surface area contributed by atoms with Crippen molar-refractivity contribution in [2.75, 3.05) is 14.2 Å². The molecule has 3 aromatic rings. The minimum absolute atomic E-state index is 0.528. The first-order valence-corrected chi connectivity index (χ1v) is 9.06. The summed E-state index contributed by atoms with van der Waals surface area (Å²) in [4.78, 5) is 0. The maximum Gasteiger partial charge on any atom is 0.161 e. The first-order chi connectivity index (χ1) is 13.3. The molecule has 140 valence electrons. The predicted molar refractivity (Wildman–Crippen MR) is 106 cm³/mol. The van der Waals surface area contributed by atoms with E-state index in [0.717, 1.165) is 35.9 Å². The monoisotopic (exact) mass is 364 g/mol. The number of methoxy groups -OCH3 is 2. The Balaban J connectivity index is 1.54. The number of rotatable bonds is 9. The second-order valence-corrected chi connectivity index (χ2v) is 6.30. The summed E-state index contributed by atoms with van der Waals surface area (Å²) in [5.74, 6) is 2.41. The lowest BCUT2D eigenvalue weighted by atomic mass is 10.1. The summed E-state index contributed by atoms with van der Waals surface area (Å²) in [7, 11) is 3.36. The fraction of sp³-hybridized carbons (Fsp3) is 0.217. The number of ether oxygens (including phenoxy) is 3. The Bertz CT molecular complexity index is 832. The largest absolute Gasteiger partial charge is 0.497 e. The Hall–Kier alpha value is -2.98. The summed E-state index contributed by atoms with van der Waals surface area (Å²) >= 11 is 0. The molecule has 3 rings (SSSR count). The van der Waals surface area contributed by atoms with Gasteiger partial charge in [0.1, 0.15) is 25.4 Å². The molecule has 0 radical (unpaired) electrons. The van der Waals surface area contributed by atoms with Gasteiger partial charge >= 0.3 is 0 Å². The van der Waals surface area contributed by atoms with E-state index in [0.29, 0.717) is 6.61 Å². The molecule has 0 unspecified atom stereocenters. The van der Waals surface area contributed by atoms with Crippen LogP contribution in [0.3, 0.4) is 0 Å². The van der Waals surface area contributed by atoms with E-state index in [2.05, 4.69) is 35.6 Å². The second kappa shape index (κ2) is 9.64. The number of hydrogen-bond acceptors (Lipinski definition) is 3. The Morgan fingerprint density at radius 2 is 1.37 bits per heavy atom. The standard InChI is InChI=1S/C23H25NO3/c1-25-21-11-8-18(9-12-21)15-24-16-20-10-13-22(23(14-20)26-2)27-17-19-6-4-3-5-7-19/h3-14,24H,15-17H2,1-2H3/p+1. The SMILES string of the molecule is COc1ccc(C[NH2+]Cc2ccc(OCc3ccccc3)c(OC)c2)cc1. The van der Waals surface area contributed by atoms with E-state index in [1.54, 1.807) is 14.2 Å². The Labute approximate surface area is 160 Å². The van der Waals surface area contributed by atoms with E-state index >= 15 is 0 Å². The van der Waals surface area contributed by atoms with Gasteiger partial charge in [0.25, 0.3) is 0 Å². The summed E-state index contributed by atoms with van der Waals surface area (Å²) < 4.78 is 16.6. The number of nitrogens with two attached hydrogens (primary N) is 1. The highest BCUT2D eigenvalue weighted by molar-refractivity contribution is 5.43. The fourth-order valence-electron chi connectivity index (χ4n) is 2.86. The first kappa shape index (κ1) is 18.8. The maximum absolute atomic E-state index is 5.92. The smallest absolute Gasteiger partial charge is 0.161 e. The molecule has 3 aromatic carbocycles. The zero-order chi connectivity index (χ0) is 18.9. The third-order valence-electron chi connectivity index (χ3n) is 4.38. The fourth-order valence-corrected chi connectivity index (χ4v) is 2.86. The molecular weight excluding hydrogens is 338 g/mol. The molecule has 4 nitrogen and oxygen atoms in total. The van der Waals surface area contributed by atoms with Crippen LogP contribution in [0.25, 0.3) is 0 Å². The van der Waals surface area contributed by atoms with Gasteiger partial charge in [0.05, 0.1) is 14.2 Å². The van der Waals surface area contributed by atoms with Crippen LogP contribution in [0, 0.1) is 0 Å². The van der Waals surface area contributed by atoms with Crippen LogP contribution in [0.2, 0.25) is 0 Å². The molecule has 4 heteroatoms. The molecule has 0 aliphatic heterocycles. The van der Waals surface area contributed by atoms with Crippen LogP contribution in [0.4, 0.5) is 0 Å². The van der Waals surface area contributed by atoms with E-state index in [1.807, 2.05) is 42.5 Å². The van der Waals surface area contributed by atoms with Crippen LogP contribution >= 0.6 is 0 Å². The lowest BCUT2D eigenvalue weighted by Gasteiger charge is -2.12. The van der Waals surface area contributed by atoms with Gasteiger partial charge in [-0.3, -0.25) is 0 Å². The quantitative estimate of drug-likeness (QED) is 0.632. The summed E-state index contributed by atoms with van der Waals surface area (Å²) in [6.07, 6.45) is 0. The third-order valence-corrected chi connectivity index (χ3v) is 4.38. The van der Waals surface area contributed by atoms with Crippen molar-refractivity contribution in [1.29, 1.82) is 0 Å². The van der Waals surface area contributed by atoms with Crippen LogP contribution in [-0.4, -0.2) is 14.2 Å². The molecule has 0 saturated carbocycles. The summed E-state index contributed by atoms with van der Waals surface area (Å²) in [5.41, 5.74) is 3.61. The normalized spacial score (nSPS) is 10.4. The van der Waals surface area contributed by atoms with Crippen LogP contribution in [0.5, 0.6) is 17.2 Å². The van der Waals surface area contributed by atoms with Crippen molar-refractivity contribution in [2.45, 2.75) is 19.7 Å². The highest BCUT2D eigenvalue weighted by Crippen LogP contribution is 2.28. The molecule has 0 aliphatic rings. The molecule has 0 aromatic heterocycles. The van der Waals surface area contributed by atoms with Gasteiger partial charge < -0.3 is 19.5 Å². The van der Waals surface area contributed by atoms with Crippen LogP contribution in [0.15, 0.2) is 72.8 Å². The molecule has 27 heavy (non-hydrogen) atoms. The van der Waals surface area contributed by atoms with Crippen molar-refractivity contribution in [2.24, 2.45) is 0 Å². The topological polar surface area (TPSA) is 44.3 Å². The summed E-state index contributed by atoms with van der Waals surface area (Å²) in [5, 5.41) is 2.26. The Kier molecular flexibility index (Phi) is 6.72. The average molecular weight is 364 g/mol. The van der Waals surface area contributed by atoms with Gasteiger partial charge in [-0.1, -0.05) is 30.3 Å². The zero-order valence-electron chi connectivity index (χ0n) is 15.9. The Morgan fingerprint density at radius 1 is 0.667 bits per heavy atom. The number of benzene rings is 3. The van der Waals surface area contributed by atoms with Gasteiger partial charge in [-0.05, 0) is 48.0 Å². The van der Waals surface area contributed by atoms with Crippen LogP contribution in [-0.2, 0) is 19.7 Å². The van der Waals surface area contributed by atoms with Gasteiger partial charge in [0.15, 0.2) is 11.5 Å². The highest BCUT2D eigenvalue weighted by atomic mass is 16.5. The molecule has 0 bridgehead atoms. The lowest BCUT2D eigenvalue weighted by molar-refractivity contribution is -0.686. The maximum atomic E-state index is 5.92. The first-order valence-electron chi connectivity index (χ1n) is 9.06. The molecule has 0 aliphatic carbocycles. The summed E-state index contributed by atoms with van der Waals surface area (Å²) in [6, 6.07) is 24.4. The highest BCUT2D eigenvalue weighted by Gasteiger charge is 2.07. The van der Waals surface area contributed by atoms with Crippen molar-refractivity contribution in [3.8, 4) is 17.2 Å². The van der Waals surface area contributed by atoms with Gasteiger partial charge in [-0.2, -0.15) is 0 Å². The van der Waals surface area contributed by atoms with E-state index < -0.39 is 0 Å². The van der Waals surface area contributed by atoms with Crippen molar-refractivity contribution in [1.82, 2.24) is 0 Å². The van der Waals surface area contributed by atoms with Gasteiger partial charge in [0, 0.05) is 11.1 Å². The molecular formula is C23H26NO3+. The van der Waals surface area contributed by atoms with Crippen molar-refractivity contribution in [3.05, 3.63) is 89.5 Å². The van der Waals surface area contributed by atoms with Crippen molar-refractivity contribution >= 4 is 0 Å². The zero-order valence-corrected chi connectivity index (χ0v) is 15.9. The van der Waals surface area contributed by atoms with Gasteiger partial charge in [0.2, 0.25) is 0 Å². The predicted octanol–water partition coefficient (Wildman–Crippen LogP) is 3.55. The molecule has 2 N–H and O–H groups in total. The third kappa shape index (κ3) is 5.50. The van der Waals surface area contributed by atoms with Crippen molar-refractivity contribution < 1.29 is 19.5 Å². The lowest BCUT2D eigenvalue weighted by Crippen LogP contribution is -2.80. The number of hydrogen-bond donors (Lipinski definition) is 1. The van der Waals surface area contributed by atoms with Gasteiger partial charge in [-0.25, -0.2) is 0 Å². The molecule has 0 amide bonds. The Morgan fingerprint density at radius 3 is 2.07 bits per heavy atom. The molecule has 0 heterocycles. The van der Waals surface area contributed by atoms with E-state index in [9.17, 15) is 0 Å². The minimum Gasteiger partial charge on any atom is -0.497 e. The average Bonchev–Trinajstić information content (AvgIpc) is 2.74.